The second kappa shape index (κ2) is 4.63. The van der Waals surface area contributed by atoms with Crippen LogP contribution in [0.2, 0.25) is 0 Å². The average Bonchev–Trinajstić information content (AvgIpc) is 2.71. The Morgan fingerprint density at radius 3 is 2.71 bits per heavy atom. The van der Waals surface area contributed by atoms with Crippen LogP contribution < -0.4 is 5.32 Å². The van der Waals surface area contributed by atoms with Crippen molar-refractivity contribution in [1.82, 2.24) is 0 Å². The fraction of sp³-hybridized carbons (Fsp3) is 0.0833. The van der Waals surface area contributed by atoms with Gasteiger partial charge in [-0.1, -0.05) is 6.07 Å². The molecule has 1 aromatic heterocycles. The van der Waals surface area contributed by atoms with E-state index in [9.17, 15) is 4.79 Å². The highest BCUT2D eigenvalue weighted by Crippen LogP contribution is 2.27. The molecule has 0 aliphatic rings. The summed E-state index contributed by atoms with van der Waals surface area (Å²) in [7, 11) is 0. The zero-order valence-electron chi connectivity index (χ0n) is 9.03. The maximum Gasteiger partial charge on any atom is 0.371 e. The predicted molar refractivity (Wildman–Crippen MR) is 67.8 cm³/mol. The van der Waals surface area contributed by atoms with Gasteiger partial charge < -0.3 is 14.8 Å². The smallest absolute Gasteiger partial charge is 0.371 e. The summed E-state index contributed by atoms with van der Waals surface area (Å²) >= 11 is 3.42. The van der Waals surface area contributed by atoms with E-state index in [1.807, 2.05) is 25.1 Å². The van der Waals surface area contributed by atoms with Gasteiger partial charge in [-0.3, -0.25) is 0 Å². The minimum atomic E-state index is -1.08. The Kier molecular flexibility index (Phi) is 3.19. The lowest BCUT2D eigenvalue weighted by atomic mass is 10.2. The summed E-state index contributed by atoms with van der Waals surface area (Å²) in [4.78, 5) is 10.6. The van der Waals surface area contributed by atoms with Gasteiger partial charge in [0, 0.05) is 10.5 Å². The van der Waals surface area contributed by atoms with E-state index < -0.39 is 5.97 Å². The number of rotatable bonds is 3. The molecule has 0 aliphatic heterocycles. The third kappa shape index (κ3) is 2.68. The van der Waals surface area contributed by atoms with Gasteiger partial charge in [-0.2, -0.15) is 0 Å². The van der Waals surface area contributed by atoms with Gasteiger partial charge in [0.15, 0.2) is 5.88 Å². The second-order valence-corrected chi connectivity index (χ2v) is 4.43. The van der Waals surface area contributed by atoms with Gasteiger partial charge in [0.2, 0.25) is 5.76 Å². The number of carboxylic acid groups (broad SMARTS) is 1. The van der Waals surface area contributed by atoms with Crippen molar-refractivity contribution in [1.29, 1.82) is 0 Å². The quantitative estimate of drug-likeness (QED) is 0.904. The van der Waals surface area contributed by atoms with Crippen molar-refractivity contribution in [2.75, 3.05) is 5.32 Å². The lowest BCUT2D eigenvalue weighted by molar-refractivity contribution is 0.0663. The van der Waals surface area contributed by atoms with E-state index in [0.717, 1.165) is 15.7 Å². The molecule has 0 radical (unpaired) electrons. The summed E-state index contributed by atoms with van der Waals surface area (Å²) in [5.74, 6) is -0.774. The Bertz CT molecular complexity index is 563. The number of hydrogen-bond donors (Lipinski definition) is 2. The Hall–Kier alpha value is -1.75. The number of benzene rings is 1. The second-order valence-electron chi connectivity index (χ2n) is 3.58. The monoisotopic (exact) mass is 295 g/mol. The molecule has 2 N–H and O–H groups in total. The standard InChI is InChI=1S/C12H10BrNO3/c1-7-2-3-9(8(13)6-7)14-11-5-4-10(17-11)12(15)16/h2-6,14H,1H3,(H,15,16). The van der Waals surface area contributed by atoms with Crippen LogP contribution in [0.5, 0.6) is 0 Å². The van der Waals surface area contributed by atoms with Gasteiger partial charge in [0.1, 0.15) is 0 Å². The molecular weight excluding hydrogens is 286 g/mol. The average molecular weight is 296 g/mol. The molecule has 0 aliphatic carbocycles. The first-order chi connectivity index (χ1) is 8.06. The summed E-state index contributed by atoms with van der Waals surface area (Å²) in [6.07, 6.45) is 0. The van der Waals surface area contributed by atoms with Crippen LogP contribution in [0.1, 0.15) is 16.1 Å². The van der Waals surface area contributed by atoms with Crippen molar-refractivity contribution in [2.24, 2.45) is 0 Å². The van der Waals surface area contributed by atoms with Gasteiger partial charge in [-0.25, -0.2) is 4.79 Å². The van der Waals surface area contributed by atoms with E-state index in [-0.39, 0.29) is 5.76 Å². The third-order valence-corrected chi connectivity index (χ3v) is 2.86. The third-order valence-electron chi connectivity index (χ3n) is 2.20. The largest absolute Gasteiger partial charge is 0.475 e. The zero-order valence-corrected chi connectivity index (χ0v) is 10.6. The Balaban J connectivity index is 2.22. The minimum Gasteiger partial charge on any atom is -0.475 e. The van der Waals surface area contributed by atoms with E-state index in [0.29, 0.717) is 5.88 Å². The molecular formula is C12H10BrNO3. The van der Waals surface area contributed by atoms with Crippen molar-refractivity contribution in [3.63, 3.8) is 0 Å². The number of carboxylic acids is 1. The van der Waals surface area contributed by atoms with Crippen LogP contribution in [0, 0.1) is 6.92 Å². The van der Waals surface area contributed by atoms with E-state index >= 15 is 0 Å². The Morgan fingerprint density at radius 1 is 1.35 bits per heavy atom. The number of halogens is 1. The van der Waals surface area contributed by atoms with Crippen LogP contribution in [0.15, 0.2) is 39.2 Å². The lowest BCUT2D eigenvalue weighted by Crippen LogP contribution is -1.93. The first-order valence-electron chi connectivity index (χ1n) is 4.92. The van der Waals surface area contributed by atoms with Crippen molar-refractivity contribution in [3.8, 4) is 0 Å². The molecule has 0 bridgehead atoms. The molecule has 2 aromatic rings. The first kappa shape index (κ1) is 11.7. The Labute approximate surface area is 106 Å². The van der Waals surface area contributed by atoms with E-state index in [1.165, 1.54) is 6.07 Å². The van der Waals surface area contributed by atoms with Crippen molar-refractivity contribution < 1.29 is 14.3 Å². The molecule has 88 valence electrons. The highest BCUT2D eigenvalue weighted by molar-refractivity contribution is 9.10. The minimum absolute atomic E-state index is 0.0873. The van der Waals surface area contributed by atoms with Crippen molar-refractivity contribution in [3.05, 3.63) is 46.1 Å². The zero-order chi connectivity index (χ0) is 12.4. The molecule has 0 saturated heterocycles. The van der Waals surface area contributed by atoms with Crippen molar-refractivity contribution in [2.45, 2.75) is 6.92 Å². The fourth-order valence-electron chi connectivity index (χ4n) is 1.37. The molecule has 0 atom stereocenters. The highest BCUT2D eigenvalue weighted by atomic mass is 79.9. The van der Waals surface area contributed by atoms with E-state index in [1.54, 1.807) is 6.07 Å². The molecule has 1 heterocycles. The van der Waals surface area contributed by atoms with Crippen LogP contribution in [-0.4, -0.2) is 11.1 Å². The molecule has 0 fully saturated rings. The van der Waals surface area contributed by atoms with E-state index in [2.05, 4.69) is 21.2 Å². The molecule has 17 heavy (non-hydrogen) atoms. The lowest BCUT2D eigenvalue weighted by Gasteiger charge is -2.06. The molecule has 0 saturated carbocycles. The predicted octanol–water partition coefficient (Wildman–Crippen LogP) is 3.79. The van der Waals surface area contributed by atoms with Gasteiger partial charge in [-0.15, -0.1) is 0 Å². The number of anilines is 2. The van der Waals surface area contributed by atoms with Crippen molar-refractivity contribution >= 4 is 33.5 Å². The SMILES string of the molecule is Cc1ccc(Nc2ccc(C(=O)O)o2)c(Br)c1. The summed E-state index contributed by atoms with van der Waals surface area (Å²) in [5.41, 5.74) is 1.95. The first-order valence-corrected chi connectivity index (χ1v) is 5.72. The number of nitrogens with one attached hydrogen (secondary N) is 1. The van der Waals surface area contributed by atoms with Gasteiger partial charge in [0.25, 0.3) is 0 Å². The number of hydrogen-bond acceptors (Lipinski definition) is 3. The summed E-state index contributed by atoms with van der Waals surface area (Å²) in [6.45, 7) is 1.99. The maximum atomic E-state index is 10.6. The molecule has 5 heteroatoms. The molecule has 4 nitrogen and oxygen atoms in total. The molecule has 0 amide bonds. The number of aryl methyl sites for hydroxylation is 1. The Morgan fingerprint density at radius 2 is 2.12 bits per heavy atom. The summed E-state index contributed by atoms with van der Waals surface area (Å²) < 4.78 is 6.00. The van der Waals surface area contributed by atoms with Crippen LogP contribution in [-0.2, 0) is 0 Å². The van der Waals surface area contributed by atoms with Crippen LogP contribution >= 0.6 is 15.9 Å². The number of furan rings is 1. The topological polar surface area (TPSA) is 62.5 Å². The summed E-state index contributed by atoms with van der Waals surface area (Å²) in [6, 6.07) is 8.79. The molecule has 0 spiro atoms. The van der Waals surface area contributed by atoms with Gasteiger partial charge in [0.05, 0.1) is 5.69 Å². The normalized spacial score (nSPS) is 10.2. The van der Waals surface area contributed by atoms with Crippen LogP contribution in [0.25, 0.3) is 0 Å². The van der Waals surface area contributed by atoms with Gasteiger partial charge in [-0.05, 0) is 46.6 Å². The fourth-order valence-corrected chi connectivity index (χ4v) is 1.97. The number of carbonyl (C=O) groups is 1. The maximum absolute atomic E-state index is 10.6. The van der Waals surface area contributed by atoms with Crippen LogP contribution in [0.3, 0.4) is 0 Å². The van der Waals surface area contributed by atoms with Gasteiger partial charge >= 0.3 is 5.97 Å². The summed E-state index contributed by atoms with van der Waals surface area (Å²) in [5, 5.41) is 11.7. The number of aromatic carboxylic acids is 1. The molecule has 0 unspecified atom stereocenters. The van der Waals surface area contributed by atoms with E-state index in [4.69, 9.17) is 9.52 Å². The highest BCUT2D eigenvalue weighted by Gasteiger charge is 2.09. The van der Waals surface area contributed by atoms with Crippen LogP contribution in [0.4, 0.5) is 11.6 Å². The molecule has 1 aromatic carbocycles. The molecule has 2 rings (SSSR count).